The first-order valence-electron chi connectivity index (χ1n) is 6.05. The Morgan fingerprint density at radius 3 is 2.47 bits per heavy atom. The third-order valence-corrected chi connectivity index (χ3v) is 3.46. The Balaban J connectivity index is 2.22. The molecule has 0 atom stereocenters. The summed E-state index contributed by atoms with van der Waals surface area (Å²) in [6.07, 6.45) is 2.20. The van der Waals surface area contributed by atoms with E-state index in [2.05, 4.69) is 5.32 Å². The third kappa shape index (κ3) is 2.52. The zero-order chi connectivity index (χ0) is 14.0. The van der Waals surface area contributed by atoms with Gasteiger partial charge in [0.2, 0.25) is 0 Å². The number of halogens is 1. The third-order valence-electron chi connectivity index (χ3n) is 3.46. The van der Waals surface area contributed by atoms with E-state index in [4.69, 9.17) is 5.73 Å². The molecule has 1 aliphatic carbocycles. The highest BCUT2D eigenvalue weighted by Crippen LogP contribution is 2.30. The zero-order valence-electron chi connectivity index (χ0n) is 10.3. The first kappa shape index (κ1) is 13.3. The summed E-state index contributed by atoms with van der Waals surface area (Å²) >= 11 is 0. The van der Waals surface area contributed by atoms with Crippen LogP contribution in [0.15, 0.2) is 18.2 Å². The highest BCUT2D eigenvalue weighted by Gasteiger charge is 2.42. The molecule has 1 aromatic rings. The largest absolute Gasteiger partial charge is 0.480 e. The number of aliphatic carboxylic acids is 1. The van der Waals surface area contributed by atoms with E-state index in [-0.39, 0.29) is 11.3 Å². The summed E-state index contributed by atoms with van der Waals surface area (Å²) in [6, 6.07) is 3.70. The fourth-order valence-corrected chi connectivity index (χ4v) is 2.37. The van der Waals surface area contributed by atoms with E-state index in [0.29, 0.717) is 12.8 Å². The van der Waals surface area contributed by atoms with Crippen molar-refractivity contribution in [3.8, 4) is 0 Å². The van der Waals surface area contributed by atoms with Gasteiger partial charge < -0.3 is 16.2 Å². The van der Waals surface area contributed by atoms with E-state index >= 15 is 0 Å². The predicted molar refractivity (Wildman–Crippen MR) is 67.1 cm³/mol. The van der Waals surface area contributed by atoms with Crippen LogP contribution in [0.2, 0.25) is 0 Å². The predicted octanol–water partition coefficient (Wildman–Crippen LogP) is 1.54. The first-order chi connectivity index (χ1) is 8.94. The minimum Gasteiger partial charge on any atom is -0.480 e. The molecule has 0 aromatic heterocycles. The number of hydrogen-bond donors (Lipinski definition) is 3. The molecule has 2 rings (SSSR count). The van der Waals surface area contributed by atoms with E-state index < -0.39 is 23.2 Å². The molecule has 0 unspecified atom stereocenters. The lowest BCUT2D eigenvalue weighted by Crippen LogP contribution is -2.52. The highest BCUT2D eigenvalue weighted by molar-refractivity contribution is 5.98. The molecule has 1 saturated carbocycles. The maximum absolute atomic E-state index is 13.6. The van der Waals surface area contributed by atoms with Gasteiger partial charge in [0.15, 0.2) is 0 Å². The van der Waals surface area contributed by atoms with Crippen LogP contribution in [-0.4, -0.2) is 22.5 Å². The molecular formula is C13H15FN2O3. The van der Waals surface area contributed by atoms with Crippen LogP contribution in [0.3, 0.4) is 0 Å². The second-order valence-electron chi connectivity index (χ2n) is 4.79. The van der Waals surface area contributed by atoms with Crippen molar-refractivity contribution in [2.45, 2.75) is 31.2 Å². The topological polar surface area (TPSA) is 92.4 Å². The summed E-state index contributed by atoms with van der Waals surface area (Å²) in [5.74, 6) is -2.55. The van der Waals surface area contributed by atoms with Gasteiger partial charge >= 0.3 is 5.97 Å². The van der Waals surface area contributed by atoms with Crippen LogP contribution in [0.25, 0.3) is 0 Å². The van der Waals surface area contributed by atoms with E-state index in [1.54, 1.807) is 0 Å². The smallest absolute Gasteiger partial charge is 0.329 e. The van der Waals surface area contributed by atoms with Crippen LogP contribution in [0, 0.1) is 5.82 Å². The van der Waals surface area contributed by atoms with Crippen molar-refractivity contribution in [1.82, 2.24) is 5.32 Å². The molecule has 19 heavy (non-hydrogen) atoms. The number of anilines is 1. The molecule has 0 spiro atoms. The molecule has 5 nitrogen and oxygen atoms in total. The second-order valence-corrected chi connectivity index (χ2v) is 4.79. The number of rotatable bonds is 3. The van der Waals surface area contributed by atoms with Crippen LogP contribution in [0.5, 0.6) is 0 Å². The lowest BCUT2D eigenvalue weighted by Gasteiger charge is -2.25. The Morgan fingerprint density at radius 2 is 1.95 bits per heavy atom. The van der Waals surface area contributed by atoms with E-state index in [1.807, 2.05) is 0 Å². The number of nitrogens with one attached hydrogen (secondary N) is 1. The fraction of sp³-hybridized carbons (Fsp3) is 0.385. The van der Waals surface area contributed by atoms with Crippen molar-refractivity contribution >= 4 is 17.6 Å². The van der Waals surface area contributed by atoms with Crippen molar-refractivity contribution in [2.24, 2.45) is 0 Å². The number of carbonyl (C=O) groups excluding carboxylic acids is 1. The second kappa shape index (κ2) is 4.87. The number of benzene rings is 1. The van der Waals surface area contributed by atoms with Crippen LogP contribution < -0.4 is 11.1 Å². The SMILES string of the molecule is Nc1ccc(C(=O)NC2(C(=O)O)CCCC2)c(F)c1. The van der Waals surface area contributed by atoms with Gasteiger partial charge in [0.25, 0.3) is 5.91 Å². The Kier molecular flexibility index (Phi) is 3.42. The summed E-state index contributed by atoms with van der Waals surface area (Å²) in [5.41, 5.74) is 4.14. The van der Waals surface area contributed by atoms with E-state index in [1.165, 1.54) is 12.1 Å². The van der Waals surface area contributed by atoms with Crippen molar-refractivity contribution < 1.29 is 19.1 Å². The molecule has 0 saturated heterocycles. The Bertz CT molecular complexity index is 525. The lowest BCUT2D eigenvalue weighted by molar-refractivity contribution is -0.144. The molecule has 6 heteroatoms. The minimum absolute atomic E-state index is 0.193. The molecule has 4 N–H and O–H groups in total. The molecule has 1 fully saturated rings. The molecular weight excluding hydrogens is 251 g/mol. The summed E-state index contributed by atoms with van der Waals surface area (Å²) < 4.78 is 13.6. The summed E-state index contributed by atoms with van der Waals surface area (Å²) in [5, 5.41) is 11.7. The highest BCUT2D eigenvalue weighted by atomic mass is 19.1. The van der Waals surface area contributed by atoms with Gasteiger partial charge in [-0.25, -0.2) is 9.18 Å². The number of nitrogen functional groups attached to an aromatic ring is 1. The van der Waals surface area contributed by atoms with Gasteiger partial charge in [0.05, 0.1) is 5.56 Å². The molecule has 1 aromatic carbocycles. The summed E-state index contributed by atoms with van der Waals surface area (Å²) in [7, 11) is 0. The van der Waals surface area contributed by atoms with Crippen molar-refractivity contribution in [3.05, 3.63) is 29.6 Å². The number of carbonyl (C=O) groups is 2. The molecule has 102 valence electrons. The number of amides is 1. The maximum Gasteiger partial charge on any atom is 0.329 e. The first-order valence-corrected chi connectivity index (χ1v) is 6.05. The van der Waals surface area contributed by atoms with Crippen LogP contribution in [0.4, 0.5) is 10.1 Å². The van der Waals surface area contributed by atoms with E-state index in [9.17, 15) is 19.1 Å². The normalized spacial score (nSPS) is 17.1. The monoisotopic (exact) mass is 266 g/mol. The average molecular weight is 266 g/mol. The van der Waals surface area contributed by atoms with Gasteiger partial charge in [-0.2, -0.15) is 0 Å². The maximum atomic E-state index is 13.6. The lowest BCUT2D eigenvalue weighted by atomic mass is 9.97. The summed E-state index contributed by atoms with van der Waals surface area (Å²) in [4.78, 5) is 23.3. The Labute approximate surface area is 109 Å². The van der Waals surface area contributed by atoms with Crippen molar-refractivity contribution in [2.75, 3.05) is 5.73 Å². The number of nitrogens with two attached hydrogens (primary N) is 1. The van der Waals surface area contributed by atoms with Gasteiger partial charge in [-0.15, -0.1) is 0 Å². The zero-order valence-corrected chi connectivity index (χ0v) is 10.3. The molecule has 1 amide bonds. The van der Waals surface area contributed by atoms with E-state index in [0.717, 1.165) is 18.9 Å². The standard InChI is InChI=1S/C13H15FN2O3/c14-10-7-8(15)3-4-9(10)11(17)16-13(12(18)19)5-1-2-6-13/h3-4,7H,1-2,5-6,15H2,(H,16,17)(H,18,19). The van der Waals surface area contributed by atoms with Gasteiger partial charge in [-0.3, -0.25) is 4.79 Å². The van der Waals surface area contributed by atoms with Gasteiger partial charge in [-0.05, 0) is 31.0 Å². The molecule has 0 aliphatic heterocycles. The van der Waals surface area contributed by atoms with Gasteiger partial charge in [0.1, 0.15) is 11.4 Å². The van der Waals surface area contributed by atoms with Gasteiger partial charge in [0, 0.05) is 5.69 Å². The number of hydrogen-bond acceptors (Lipinski definition) is 3. The van der Waals surface area contributed by atoms with Crippen molar-refractivity contribution in [1.29, 1.82) is 0 Å². The van der Waals surface area contributed by atoms with Crippen LogP contribution in [0.1, 0.15) is 36.0 Å². The minimum atomic E-state index is -1.27. The Hall–Kier alpha value is -2.11. The van der Waals surface area contributed by atoms with Crippen LogP contribution >= 0.6 is 0 Å². The Morgan fingerprint density at radius 1 is 1.32 bits per heavy atom. The van der Waals surface area contributed by atoms with Crippen LogP contribution in [-0.2, 0) is 4.79 Å². The molecule has 1 aliphatic rings. The number of carboxylic acid groups (broad SMARTS) is 1. The number of carboxylic acids is 1. The fourth-order valence-electron chi connectivity index (χ4n) is 2.37. The summed E-state index contributed by atoms with van der Waals surface area (Å²) in [6.45, 7) is 0. The van der Waals surface area contributed by atoms with Gasteiger partial charge in [-0.1, -0.05) is 12.8 Å². The van der Waals surface area contributed by atoms with Crippen molar-refractivity contribution in [3.63, 3.8) is 0 Å². The molecule has 0 radical (unpaired) electrons. The quantitative estimate of drug-likeness (QED) is 0.723. The molecule has 0 bridgehead atoms. The average Bonchev–Trinajstić information content (AvgIpc) is 2.78. The molecule has 0 heterocycles.